The average Bonchev–Trinajstić information content (AvgIpc) is 2.75. The third kappa shape index (κ3) is 6.10. The van der Waals surface area contributed by atoms with Crippen LogP contribution in [0.15, 0.2) is 82.2 Å². The highest BCUT2D eigenvalue weighted by Gasteiger charge is 2.08. The monoisotopic (exact) mass is 470 g/mol. The zero-order valence-electron chi connectivity index (χ0n) is 15.6. The molecular formula is C22H19BrN2O3S. The molecule has 0 bridgehead atoms. The number of thioether (sulfide) groups is 1. The van der Waals surface area contributed by atoms with Gasteiger partial charge in [0, 0.05) is 20.6 Å². The predicted octanol–water partition coefficient (Wildman–Crippen LogP) is 5.44. The molecule has 0 saturated carbocycles. The molecule has 2 amide bonds. The number of ether oxygens (including phenoxy) is 1. The summed E-state index contributed by atoms with van der Waals surface area (Å²) in [5, 5.41) is 5.72. The van der Waals surface area contributed by atoms with Crippen LogP contribution in [0.3, 0.4) is 0 Å². The second-order valence-electron chi connectivity index (χ2n) is 6.02. The summed E-state index contributed by atoms with van der Waals surface area (Å²) in [5.74, 6) is 0.713. The number of anilines is 2. The fraction of sp³-hybridized carbons (Fsp3) is 0.0909. The van der Waals surface area contributed by atoms with Gasteiger partial charge >= 0.3 is 0 Å². The van der Waals surface area contributed by atoms with Gasteiger partial charge in [-0.25, -0.2) is 0 Å². The zero-order valence-corrected chi connectivity index (χ0v) is 18.0. The standard InChI is InChI=1S/C22H19BrN2O3S/c1-28-17-10-6-15(7-11-17)22(27)24-16-8-12-18(13-9-16)29-14-21(26)25-20-5-3-2-4-19(20)23/h2-13H,14H2,1H3,(H,24,27)(H,25,26). The number of hydrogen-bond donors (Lipinski definition) is 2. The minimum atomic E-state index is -0.194. The van der Waals surface area contributed by atoms with Gasteiger partial charge in [-0.1, -0.05) is 12.1 Å². The fourth-order valence-corrected chi connectivity index (χ4v) is 3.56. The van der Waals surface area contributed by atoms with E-state index >= 15 is 0 Å². The van der Waals surface area contributed by atoms with Crippen LogP contribution in [0.25, 0.3) is 0 Å². The molecule has 7 heteroatoms. The second kappa shape index (κ2) is 10.1. The number of hydrogen-bond acceptors (Lipinski definition) is 4. The number of carbonyl (C=O) groups excluding carboxylic acids is 2. The third-order valence-electron chi connectivity index (χ3n) is 3.98. The molecule has 29 heavy (non-hydrogen) atoms. The summed E-state index contributed by atoms with van der Waals surface area (Å²) in [7, 11) is 1.58. The summed E-state index contributed by atoms with van der Waals surface area (Å²) < 4.78 is 5.94. The molecule has 0 heterocycles. The van der Waals surface area contributed by atoms with E-state index in [0.29, 0.717) is 22.8 Å². The maximum atomic E-state index is 12.3. The first-order valence-electron chi connectivity index (χ1n) is 8.78. The van der Waals surface area contributed by atoms with E-state index in [1.807, 2.05) is 48.5 Å². The highest BCUT2D eigenvalue weighted by Crippen LogP contribution is 2.24. The van der Waals surface area contributed by atoms with Crippen LogP contribution in [-0.4, -0.2) is 24.7 Å². The smallest absolute Gasteiger partial charge is 0.255 e. The SMILES string of the molecule is COc1ccc(C(=O)Nc2ccc(SCC(=O)Nc3ccccc3Br)cc2)cc1. The number of benzene rings is 3. The molecule has 3 aromatic carbocycles. The van der Waals surface area contributed by atoms with Crippen molar-refractivity contribution in [2.24, 2.45) is 0 Å². The van der Waals surface area contributed by atoms with Gasteiger partial charge < -0.3 is 15.4 Å². The third-order valence-corrected chi connectivity index (χ3v) is 5.69. The maximum absolute atomic E-state index is 12.3. The van der Waals surface area contributed by atoms with E-state index in [1.54, 1.807) is 31.4 Å². The summed E-state index contributed by atoms with van der Waals surface area (Å²) in [6.45, 7) is 0. The Kier molecular flexibility index (Phi) is 7.32. The minimum Gasteiger partial charge on any atom is -0.497 e. The summed E-state index contributed by atoms with van der Waals surface area (Å²) in [5.41, 5.74) is 1.98. The van der Waals surface area contributed by atoms with Crippen molar-refractivity contribution in [3.63, 3.8) is 0 Å². The van der Waals surface area contributed by atoms with Gasteiger partial charge in [0.2, 0.25) is 5.91 Å². The molecule has 0 fully saturated rings. The first-order valence-corrected chi connectivity index (χ1v) is 10.6. The Morgan fingerprint density at radius 2 is 1.62 bits per heavy atom. The second-order valence-corrected chi connectivity index (χ2v) is 7.93. The van der Waals surface area contributed by atoms with E-state index in [9.17, 15) is 9.59 Å². The number of para-hydroxylation sites is 1. The van der Waals surface area contributed by atoms with Crippen LogP contribution < -0.4 is 15.4 Å². The molecule has 0 aliphatic carbocycles. The van der Waals surface area contributed by atoms with Gasteiger partial charge in [-0.15, -0.1) is 11.8 Å². The van der Waals surface area contributed by atoms with Crippen LogP contribution in [0.1, 0.15) is 10.4 Å². The summed E-state index contributed by atoms with van der Waals surface area (Å²) in [6, 6.07) is 21.8. The van der Waals surface area contributed by atoms with E-state index in [1.165, 1.54) is 11.8 Å². The molecule has 0 aromatic heterocycles. The molecule has 0 aliphatic rings. The molecule has 0 radical (unpaired) electrons. The van der Waals surface area contributed by atoms with Crippen molar-refractivity contribution in [2.75, 3.05) is 23.5 Å². The van der Waals surface area contributed by atoms with Crippen molar-refractivity contribution in [2.45, 2.75) is 4.90 Å². The number of halogens is 1. The molecule has 3 aromatic rings. The first kappa shape index (κ1) is 21.0. The molecule has 0 unspecified atom stereocenters. The fourth-order valence-electron chi connectivity index (χ4n) is 2.48. The van der Waals surface area contributed by atoms with Gasteiger partial charge in [-0.2, -0.15) is 0 Å². The molecular weight excluding hydrogens is 452 g/mol. The highest BCUT2D eigenvalue weighted by molar-refractivity contribution is 9.10. The molecule has 0 aliphatic heterocycles. The van der Waals surface area contributed by atoms with E-state index in [4.69, 9.17) is 4.74 Å². The van der Waals surface area contributed by atoms with Crippen LogP contribution in [0.5, 0.6) is 5.75 Å². The topological polar surface area (TPSA) is 67.4 Å². The summed E-state index contributed by atoms with van der Waals surface area (Å²) in [6.07, 6.45) is 0. The van der Waals surface area contributed by atoms with Crippen LogP contribution in [0.2, 0.25) is 0 Å². The number of rotatable bonds is 7. The largest absolute Gasteiger partial charge is 0.497 e. The lowest BCUT2D eigenvalue weighted by molar-refractivity contribution is -0.113. The number of nitrogens with one attached hydrogen (secondary N) is 2. The van der Waals surface area contributed by atoms with Crippen molar-refractivity contribution in [1.29, 1.82) is 0 Å². The van der Waals surface area contributed by atoms with Crippen LogP contribution in [0.4, 0.5) is 11.4 Å². The Bertz CT molecular complexity index is 992. The number of amides is 2. The average molecular weight is 471 g/mol. The van der Waals surface area contributed by atoms with E-state index in [2.05, 4.69) is 26.6 Å². The first-order chi connectivity index (χ1) is 14.0. The Morgan fingerprint density at radius 3 is 2.28 bits per heavy atom. The van der Waals surface area contributed by atoms with Crippen molar-refractivity contribution < 1.29 is 14.3 Å². The van der Waals surface area contributed by atoms with Crippen molar-refractivity contribution in [3.8, 4) is 5.75 Å². The van der Waals surface area contributed by atoms with Gasteiger partial charge in [0.25, 0.3) is 5.91 Å². The van der Waals surface area contributed by atoms with Gasteiger partial charge in [-0.05, 0) is 76.6 Å². The maximum Gasteiger partial charge on any atom is 0.255 e. The lowest BCUT2D eigenvalue weighted by Crippen LogP contribution is -2.14. The number of carbonyl (C=O) groups is 2. The molecule has 0 saturated heterocycles. The predicted molar refractivity (Wildman–Crippen MR) is 121 cm³/mol. The molecule has 148 valence electrons. The molecule has 0 spiro atoms. The normalized spacial score (nSPS) is 10.3. The van der Waals surface area contributed by atoms with Gasteiger partial charge in [-0.3, -0.25) is 9.59 Å². The van der Waals surface area contributed by atoms with Gasteiger partial charge in [0.1, 0.15) is 5.75 Å². The Morgan fingerprint density at radius 1 is 0.931 bits per heavy atom. The lowest BCUT2D eigenvalue weighted by Gasteiger charge is -2.08. The zero-order chi connectivity index (χ0) is 20.6. The van der Waals surface area contributed by atoms with E-state index in [-0.39, 0.29) is 11.8 Å². The van der Waals surface area contributed by atoms with Crippen molar-refractivity contribution >= 4 is 50.9 Å². The molecule has 3 rings (SSSR count). The lowest BCUT2D eigenvalue weighted by atomic mass is 10.2. The van der Waals surface area contributed by atoms with Gasteiger partial charge in [0.15, 0.2) is 0 Å². The van der Waals surface area contributed by atoms with Crippen LogP contribution >= 0.6 is 27.7 Å². The Hall–Kier alpha value is -2.77. The summed E-state index contributed by atoms with van der Waals surface area (Å²) >= 11 is 4.84. The molecule has 0 atom stereocenters. The van der Waals surface area contributed by atoms with Crippen molar-refractivity contribution in [3.05, 3.63) is 82.8 Å². The Balaban J connectivity index is 1.51. The summed E-state index contributed by atoms with van der Waals surface area (Å²) in [4.78, 5) is 25.4. The van der Waals surface area contributed by atoms with Crippen LogP contribution in [0, 0.1) is 0 Å². The minimum absolute atomic E-state index is 0.0845. The van der Waals surface area contributed by atoms with E-state index in [0.717, 1.165) is 15.1 Å². The van der Waals surface area contributed by atoms with Crippen molar-refractivity contribution in [1.82, 2.24) is 0 Å². The molecule has 2 N–H and O–H groups in total. The highest BCUT2D eigenvalue weighted by atomic mass is 79.9. The van der Waals surface area contributed by atoms with Crippen LogP contribution in [-0.2, 0) is 4.79 Å². The van der Waals surface area contributed by atoms with E-state index < -0.39 is 0 Å². The quantitative estimate of drug-likeness (QED) is 0.451. The number of methoxy groups -OCH3 is 1. The molecule has 5 nitrogen and oxygen atoms in total. The van der Waals surface area contributed by atoms with Gasteiger partial charge in [0.05, 0.1) is 18.6 Å². The Labute approximate surface area is 182 Å².